The predicted molar refractivity (Wildman–Crippen MR) is 65.0 cm³/mol. The maximum absolute atomic E-state index is 12.3. The van der Waals surface area contributed by atoms with Crippen LogP contribution in [0.2, 0.25) is 0 Å². The van der Waals surface area contributed by atoms with Gasteiger partial charge in [0.1, 0.15) is 11.4 Å². The molecule has 0 saturated heterocycles. The van der Waals surface area contributed by atoms with E-state index in [-0.39, 0.29) is 11.6 Å². The monoisotopic (exact) mass is 326 g/mol. The minimum absolute atomic E-state index is 0.111. The Bertz CT molecular complexity index is 664. The van der Waals surface area contributed by atoms with Crippen molar-refractivity contribution in [1.82, 2.24) is 15.1 Å². The number of primary sulfonamides is 1. The Morgan fingerprint density at radius 2 is 2.05 bits per heavy atom. The van der Waals surface area contributed by atoms with Crippen LogP contribution in [0, 0.1) is 0 Å². The summed E-state index contributed by atoms with van der Waals surface area (Å²) in [7, 11) is -3.36. The molecule has 118 valence electrons. The highest BCUT2D eigenvalue weighted by atomic mass is 32.2. The van der Waals surface area contributed by atoms with Gasteiger partial charge in [-0.3, -0.25) is 9.89 Å². The van der Waals surface area contributed by atoms with Crippen molar-refractivity contribution in [2.75, 3.05) is 13.6 Å². The van der Waals surface area contributed by atoms with Crippen LogP contribution in [0.3, 0.4) is 0 Å². The highest BCUT2D eigenvalue weighted by Gasteiger charge is 2.38. The van der Waals surface area contributed by atoms with E-state index < -0.39 is 39.2 Å². The molecule has 0 spiro atoms. The van der Waals surface area contributed by atoms with Gasteiger partial charge >= 0.3 is 6.18 Å². The van der Waals surface area contributed by atoms with Crippen LogP contribution < -0.4 is 5.14 Å². The van der Waals surface area contributed by atoms with E-state index in [9.17, 15) is 26.4 Å². The third kappa shape index (κ3) is 3.53. The molecule has 2 rings (SSSR count). The average molecular weight is 326 g/mol. The van der Waals surface area contributed by atoms with Gasteiger partial charge in [-0.15, -0.1) is 0 Å². The molecule has 1 aromatic rings. The van der Waals surface area contributed by atoms with Crippen molar-refractivity contribution in [2.45, 2.75) is 29.8 Å². The van der Waals surface area contributed by atoms with Crippen molar-refractivity contribution in [3.63, 3.8) is 0 Å². The lowest BCUT2D eigenvalue weighted by atomic mass is 10.2. The van der Waals surface area contributed by atoms with Crippen LogP contribution >= 0.6 is 0 Å². The maximum atomic E-state index is 12.3. The first-order chi connectivity index (χ1) is 9.50. The molecule has 1 saturated carbocycles. The quantitative estimate of drug-likeness (QED) is 0.843. The second-order valence-electron chi connectivity index (χ2n) is 4.91. The third-order valence-corrected chi connectivity index (χ3v) is 3.97. The number of nitrogens with two attached hydrogens (primary N) is 1. The van der Waals surface area contributed by atoms with Crippen molar-refractivity contribution in [1.29, 1.82) is 0 Å². The van der Waals surface area contributed by atoms with Gasteiger partial charge in [-0.2, -0.15) is 18.3 Å². The summed E-state index contributed by atoms with van der Waals surface area (Å²) in [6, 6.07) is 0. The van der Waals surface area contributed by atoms with Gasteiger partial charge in [0.05, 0.1) is 5.69 Å². The van der Waals surface area contributed by atoms with E-state index in [1.165, 1.54) is 0 Å². The number of rotatable bonds is 4. The van der Waals surface area contributed by atoms with E-state index in [1.807, 2.05) is 0 Å². The summed E-state index contributed by atoms with van der Waals surface area (Å²) in [6.45, 7) is -1.51. The fourth-order valence-electron chi connectivity index (χ4n) is 1.95. The summed E-state index contributed by atoms with van der Waals surface area (Å²) in [5.41, 5.74) is -0.424. The van der Waals surface area contributed by atoms with Crippen molar-refractivity contribution < 1.29 is 26.4 Å². The number of nitrogens with zero attached hydrogens (tertiary/aromatic N) is 2. The van der Waals surface area contributed by atoms with E-state index in [2.05, 4.69) is 10.2 Å². The van der Waals surface area contributed by atoms with Gasteiger partial charge in [-0.25, -0.2) is 13.6 Å². The Labute approximate surface area is 118 Å². The lowest BCUT2D eigenvalue weighted by Gasteiger charge is -2.18. The number of halogens is 3. The number of H-pyrrole nitrogens is 1. The van der Waals surface area contributed by atoms with Gasteiger partial charge < -0.3 is 4.90 Å². The first-order valence-electron chi connectivity index (χ1n) is 5.94. The number of nitrogens with one attached hydrogen (secondary N) is 1. The number of carbonyl (C=O) groups excluding carboxylic acids is 1. The Hall–Kier alpha value is -1.62. The van der Waals surface area contributed by atoms with E-state index in [4.69, 9.17) is 5.14 Å². The number of amides is 1. The summed E-state index contributed by atoms with van der Waals surface area (Å²) in [6.07, 6.45) is -3.19. The minimum atomic E-state index is -4.60. The van der Waals surface area contributed by atoms with Crippen molar-refractivity contribution in [3.8, 4) is 0 Å². The van der Waals surface area contributed by atoms with Gasteiger partial charge in [0.2, 0.25) is 10.0 Å². The second-order valence-corrected chi connectivity index (χ2v) is 6.41. The molecule has 0 aromatic carbocycles. The van der Waals surface area contributed by atoms with Gasteiger partial charge in [0, 0.05) is 13.0 Å². The Morgan fingerprint density at radius 1 is 1.48 bits per heavy atom. The molecule has 1 aromatic heterocycles. The molecule has 0 atom stereocenters. The van der Waals surface area contributed by atoms with Gasteiger partial charge in [-0.1, -0.05) is 0 Å². The van der Waals surface area contributed by atoms with Crippen LogP contribution in [0.25, 0.3) is 0 Å². The zero-order chi connectivity index (χ0) is 16.0. The van der Waals surface area contributed by atoms with Gasteiger partial charge in [0.25, 0.3) is 5.91 Å². The molecule has 1 aliphatic rings. The minimum Gasteiger partial charge on any atom is -0.331 e. The topological polar surface area (TPSA) is 109 Å². The van der Waals surface area contributed by atoms with Crippen molar-refractivity contribution in [2.24, 2.45) is 5.14 Å². The molecule has 21 heavy (non-hydrogen) atoms. The fourth-order valence-corrected chi connectivity index (χ4v) is 2.87. The number of carbonyl (C=O) groups is 1. The lowest BCUT2D eigenvalue weighted by Crippen LogP contribution is -2.36. The molecule has 0 bridgehead atoms. The molecular formula is C10H13F3N4O3S. The summed E-state index contributed by atoms with van der Waals surface area (Å²) in [5.74, 6) is -1.26. The molecule has 1 fully saturated rings. The van der Waals surface area contributed by atoms with Crippen LogP contribution in [0.4, 0.5) is 13.2 Å². The molecule has 1 aliphatic carbocycles. The Kier molecular flexibility index (Phi) is 3.74. The SMILES string of the molecule is CN(CC(F)(F)F)C(=O)c1n[nH]c(C2CC2)c1S(N)(=O)=O. The van der Waals surface area contributed by atoms with Crippen molar-refractivity contribution >= 4 is 15.9 Å². The molecule has 1 heterocycles. The van der Waals surface area contributed by atoms with Crippen LogP contribution in [0.1, 0.15) is 34.9 Å². The molecule has 1 amide bonds. The van der Waals surface area contributed by atoms with Crippen LogP contribution in [0.5, 0.6) is 0 Å². The van der Waals surface area contributed by atoms with Gasteiger partial charge in [0.15, 0.2) is 5.69 Å². The van der Waals surface area contributed by atoms with E-state index in [1.54, 1.807) is 0 Å². The maximum Gasteiger partial charge on any atom is 0.406 e. The second kappa shape index (κ2) is 4.98. The molecule has 11 heteroatoms. The average Bonchev–Trinajstić information content (AvgIpc) is 3.03. The first kappa shape index (κ1) is 15.8. The van der Waals surface area contributed by atoms with Crippen LogP contribution in [-0.2, 0) is 10.0 Å². The van der Waals surface area contributed by atoms with Crippen LogP contribution in [-0.4, -0.2) is 49.2 Å². The summed E-state index contributed by atoms with van der Waals surface area (Å²) in [4.78, 5) is 11.8. The highest BCUT2D eigenvalue weighted by Crippen LogP contribution is 2.42. The number of aromatic amines is 1. The molecule has 7 nitrogen and oxygen atoms in total. The lowest BCUT2D eigenvalue weighted by molar-refractivity contribution is -0.138. The first-order valence-corrected chi connectivity index (χ1v) is 7.48. The number of aromatic nitrogens is 2. The zero-order valence-electron chi connectivity index (χ0n) is 10.9. The molecule has 0 radical (unpaired) electrons. The zero-order valence-corrected chi connectivity index (χ0v) is 11.8. The summed E-state index contributed by atoms with van der Waals surface area (Å²) < 4.78 is 60.1. The van der Waals surface area contributed by atoms with Crippen LogP contribution in [0.15, 0.2) is 4.90 Å². The van der Waals surface area contributed by atoms with Gasteiger partial charge in [-0.05, 0) is 12.8 Å². The number of hydrogen-bond acceptors (Lipinski definition) is 4. The number of alkyl halides is 3. The number of sulfonamides is 1. The summed E-state index contributed by atoms with van der Waals surface area (Å²) >= 11 is 0. The molecule has 0 unspecified atom stereocenters. The number of hydrogen-bond donors (Lipinski definition) is 2. The van der Waals surface area contributed by atoms with Crippen molar-refractivity contribution in [3.05, 3.63) is 11.4 Å². The van der Waals surface area contributed by atoms with E-state index in [0.717, 1.165) is 7.05 Å². The molecule has 3 N–H and O–H groups in total. The predicted octanol–water partition coefficient (Wildman–Crippen LogP) is 0.569. The molecule has 0 aliphatic heterocycles. The summed E-state index contributed by atoms with van der Waals surface area (Å²) in [5, 5.41) is 11.0. The third-order valence-electron chi connectivity index (χ3n) is 2.98. The fraction of sp³-hybridized carbons (Fsp3) is 0.600. The highest BCUT2D eigenvalue weighted by molar-refractivity contribution is 7.89. The standard InChI is InChI=1S/C10H13F3N4O3S/c1-17(4-10(11,12)13)9(18)7-8(21(14,19)20)6(15-16-7)5-2-3-5/h5H,2-4H2,1H3,(H,15,16)(H2,14,19,20). The smallest absolute Gasteiger partial charge is 0.331 e. The van der Waals surface area contributed by atoms with E-state index >= 15 is 0 Å². The largest absolute Gasteiger partial charge is 0.406 e. The Morgan fingerprint density at radius 3 is 2.48 bits per heavy atom. The Balaban J connectivity index is 2.38. The van der Waals surface area contributed by atoms with E-state index in [0.29, 0.717) is 17.7 Å². The molecular weight excluding hydrogens is 313 g/mol. The normalized spacial score (nSPS) is 16.0.